The van der Waals surface area contributed by atoms with Gasteiger partial charge in [-0.3, -0.25) is 14.5 Å². The molecule has 1 aromatic carbocycles. The number of rotatable bonds is 5. The average Bonchev–Trinajstić information content (AvgIpc) is 3.33. The lowest BCUT2D eigenvalue weighted by Crippen LogP contribution is -2.55. The lowest BCUT2D eigenvalue weighted by Gasteiger charge is -2.44. The van der Waals surface area contributed by atoms with Gasteiger partial charge >= 0.3 is 6.18 Å². The van der Waals surface area contributed by atoms with E-state index in [0.29, 0.717) is 38.3 Å². The minimum absolute atomic E-state index is 0.0211. The molecule has 5 heterocycles. The molecule has 0 radical (unpaired) electrons. The highest BCUT2D eigenvalue weighted by molar-refractivity contribution is 6.07. The fourth-order valence-corrected chi connectivity index (χ4v) is 6.31. The molecule has 0 saturated carbocycles. The number of pyridine rings is 1. The molecule has 10 nitrogen and oxygen atoms in total. The van der Waals surface area contributed by atoms with Crippen molar-refractivity contribution in [2.45, 2.75) is 57.2 Å². The van der Waals surface area contributed by atoms with Gasteiger partial charge in [-0.1, -0.05) is 0 Å². The van der Waals surface area contributed by atoms with Gasteiger partial charge in [0, 0.05) is 74.5 Å². The largest absolute Gasteiger partial charge is 0.417 e. The second kappa shape index (κ2) is 11.7. The number of benzene rings is 1. The first-order chi connectivity index (χ1) is 21.3. The maximum absolute atomic E-state index is 16.5. The van der Waals surface area contributed by atoms with E-state index in [-0.39, 0.29) is 41.6 Å². The summed E-state index contributed by atoms with van der Waals surface area (Å²) in [7, 11) is 1.92. The van der Waals surface area contributed by atoms with E-state index in [1.165, 1.54) is 12.4 Å². The van der Waals surface area contributed by atoms with Crippen molar-refractivity contribution >= 4 is 23.2 Å². The van der Waals surface area contributed by atoms with Crippen molar-refractivity contribution in [1.29, 1.82) is 0 Å². The van der Waals surface area contributed by atoms with Crippen LogP contribution in [0.4, 0.5) is 39.3 Å². The van der Waals surface area contributed by atoms with Crippen LogP contribution in [0.3, 0.4) is 0 Å². The number of nitrogens with zero attached hydrogens (tertiary/aromatic N) is 5. The van der Waals surface area contributed by atoms with Crippen LogP contribution in [0.2, 0.25) is 0 Å². The van der Waals surface area contributed by atoms with Gasteiger partial charge in [0.2, 0.25) is 11.5 Å². The summed E-state index contributed by atoms with van der Waals surface area (Å²) in [4.78, 5) is 41.4. The molecular formula is C30H32F5N7O3. The number of ether oxygens (including phenoxy) is 1. The maximum Gasteiger partial charge on any atom is 0.417 e. The Labute approximate surface area is 255 Å². The van der Waals surface area contributed by atoms with Crippen molar-refractivity contribution < 1.29 is 31.5 Å². The molecular weight excluding hydrogens is 601 g/mol. The number of H-pyrrole nitrogens is 1. The van der Waals surface area contributed by atoms with Crippen LogP contribution in [-0.4, -0.2) is 83.3 Å². The number of amides is 1. The van der Waals surface area contributed by atoms with E-state index in [0.717, 1.165) is 18.9 Å². The zero-order chi connectivity index (χ0) is 32.2. The number of anilines is 3. The molecule has 3 fully saturated rings. The number of carbonyl (C=O) groups excluding carboxylic acids is 1. The fourth-order valence-electron chi connectivity index (χ4n) is 6.31. The average molecular weight is 634 g/mol. The third kappa shape index (κ3) is 5.98. The van der Waals surface area contributed by atoms with E-state index >= 15 is 8.78 Å². The van der Waals surface area contributed by atoms with Crippen LogP contribution in [0.15, 0.2) is 35.5 Å². The topological polar surface area (TPSA) is 107 Å². The SMILES string of the molecule is C[C@@H]1CN(c2cc(F)c(-c3cnc(N4C[C@H]5CC[C@@H](C4)O5)nc3)c(F)c2NC(=O)c2c[nH]c(=O)cc2C(F)(F)F)C[C@H](C)N1C. The van der Waals surface area contributed by atoms with E-state index in [1.807, 2.05) is 25.8 Å². The molecule has 0 spiro atoms. The zero-order valence-corrected chi connectivity index (χ0v) is 24.8. The second-order valence-electron chi connectivity index (χ2n) is 11.9. The Bertz CT molecular complexity index is 1640. The van der Waals surface area contributed by atoms with Crippen LogP contribution < -0.4 is 20.7 Å². The van der Waals surface area contributed by atoms with Crippen molar-refractivity contribution in [3.8, 4) is 11.1 Å². The van der Waals surface area contributed by atoms with Gasteiger partial charge in [0.05, 0.1) is 34.6 Å². The summed E-state index contributed by atoms with van der Waals surface area (Å²) in [5.74, 6) is -3.11. The highest BCUT2D eigenvalue weighted by Gasteiger charge is 2.38. The number of hydrogen-bond donors (Lipinski definition) is 2. The molecule has 2 N–H and O–H groups in total. The smallest absolute Gasteiger partial charge is 0.371 e. The number of fused-ring (bicyclic) bond motifs is 2. The molecule has 3 aliphatic rings. The Hall–Kier alpha value is -4.11. The molecule has 1 amide bonds. The van der Waals surface area contributed by atoms with Crippen LogP contribution in [0.5, 0.6) is 0 Å². The van der Waals surface area contributed by atoms with E-state index in [1.54, 1.807) is 4.90 Å². The molecule has 0 unspecified atom stereocenters. The van der Waals surface area contributed by atoms with Gasteiger partial charge in [0.15, 0.2) is 5.82 Å². The lowest BCUT2D eigenvalue weighted by atomic mass is 10.0. The summed E-state index contributed by atoms with van der Waals surface area (Å²) in [6.07, 6.45) is 0.133. The standard InChI is InChI=1S/C30H32F5N7O3/c1-15-11-41(12-16(2)40(15)3)23-7-22(31)25(17-8-37-29(38-9-17)42-13-18-4-5-19(14-42)45-18)26(32)27(23)39-28(44)20-10-36-24(43)6-21(20)30(33,34)35/h6-10,15-16,18-19H,4-5,11-14H2,1-3H3,(H,36,43)(H,39,44)/t15-,16+,18-,19+. The van der Waals surface area contributed by atoms with Crippen LogP contribution in [-0.2, 0) is 10.9 Å². The summed E-state index contributed by atoms with van der Waals surface area (Å²) >= 11 is 0. The van der Waals surface area contributed by atoms with Crippen molar-refractivity contribution in [2.24, 2.45) is 0 Å². The van der Waals surface area contributed by atoms with Gasteiger partial charge in [-0.05, 0) is 33.7 Å². The fraction of sp³-hybridized carbons (Fsp3) is 0.467. The van der Waals surface area contributed by atoms with Gasteiger partial charge in [-0.2, -0.15) is 13.2 Å². The number of likely N-dealkylation sites (N-methyl/N-ethyl adjacent to an activating group) is 1. The Morgan fingerprint density at radius 1 is 1.00 bits per heavy atom. The molecule has 2 aromatic heterocycles. The van der Waals surface area contributed by atoms with Crippen LogP contribution in [0.1, 0.15) is 42.6 Å². The van der Waals surface area contributed by atoms with Crippen LogP contribution in [0.25, 0.3) is 11.1 Å². The van der Waals surface area contributed by atoms with Crippen molar-refractivity contribution in [2.75, 3.05) is 48.3 Å². The minimum atomic E-state index is -5.04. The maximum atomic E-state index is 16.5. The van der Waals surface area contributed by atoms with E-state index in [2.05, 4.69) is 25.2 Å². The van der Waals surface area contributed by atoms with Gasteiger partial charge in [-0.25, -0.2) is 18.7 Å². The molecule has 4 atom stereocenters. The predicted octanol–water partition coefficient (Wildman–Crippen LogP) is 4.28. The number of aromatic nitrogens is 3. The number of morpholine rings is 1. The molecule has 2 bridgehead atoms. The molecule has 15 heteroatoms. The summed E-state index contributed by atoms with van der Waals surface area (Å²) in [6, 6.07) is 1.22. The molecule has 3 aromatic rings. The van der Waals surface area contributed by atoms with Crippen LogP contribution in [0, 0.1) is 11.6 Å². The first kappa shape index (κ1) is 30.9. The number of hydrogen-bond acceptors (Lipinski definition) is 8. The van der Waals surface area contributed by atoms with E-state index < -0.39 is 51.7 Å². The van der Waals surface area contributed by atoms with Crippen LogP contribution >= 0.6 is 0 Å². The lowest BCUT2D eigenvalue weighted by molar-refractivity contribution is -0.138. The van der Waals surface area contributed by atoms with Crippen molar-refractivity contribution in [3.63, 3.8) is 0 Å². The highest BCUT2D eigenvalue weighted by atomic mass is 19.4. The first-order valence-corrected chi connectivity index (χ1v) is 14.6. The molecule has 45 heavy (non-hydrogen) atoms. The number of piperazine rings is 1. The van der Waals surface area contributed by atoms with Crippen molar-refractivity contribution in [1.82, 2.24) is 19.9 Å². The first-order valence-electron chi connectivity index (χ1n) is 14.6. The monoisotopic (exact) mass is 633 g/mol. The third-order valence-electron chi connectivity index (χ3n) is 8.86. The molecule has 3 aliphatic heterocycles. The Morgan fingerprint density at radius 3 is 2.22 bits per heavy atom. The zero-order valence-electron chi connectivity index (χ0n) is 24.8. The Morgan fingerprint density at radius 2 is 1.62 bits per heavy atom. The minimum Gasteiger partial charge on any atom is -0.371 e. The number of alkyl halides is 3. The summed E-state index contributed by atoms with van der Waals surface area (Å²) in [5, 5.41) is 2.26. The molecule has 3 saturated heterocycles. The normalized spacial score (nSPS) is 23.8. The van der Waals surface area contributed by atoms with Gasteiger partial charge in [-0.15, -0.1) is 0 Å². The van der Waals surface area contributed by atoms with E-state index in [9.17, 15) is 22.8 Å². The van der Waals surface area contributed by atoms with E-state index in [4.69, 9.17) is 4.74 Å². The predicted molar refractivity (Wildman–Crippen MR) is 156 cm³/mol. The summed E-state index contributed by atoms with van der Waals surface area (Å²) in [5.41, 5.74) is -4.59. The molecule has 0 aliphatic carbocycles. The Kier molecular flexibility index (Phi) is 8.01. The van der Waals surface area contributed by atoms with Gasteiger partial charge < -0.3 is 24.8 Å². The summed E-state index contributed by atoms with van der Waals surface area (Å²) < 4.78 is 79.4. The number of carbonyl (C=O) groups is 1. The number of nitrogens with one attached hydrogen (secondary N) is 2. The Balaban J connectivity index is 1.40. The number of aromatic amines is 1. The van der Waals surface area contributed by atoms with Gasteiger partial charge in [0.25, 0.3) is 5.91 Å². The third-order valence-corrected chi connectivity index (χ3v) is 8.86. The highest BCUT2D eigenvalue weighted by Crippen LogP contribution is 2.40. The summed E-state index contributed by atoms with van der Waals surface area (Å²) in [6.45, 7) is 5.70. The number of halogens is 5. The molecule has 240 valence electrons. The van der Waals surface area contributed by atoms with Gasteiger partial charge in [0.1, 0.15) is 11.5 Å². The van der Waals surface area contributed by atoms with Crippen molar-refractivity contribution in [3.05, 3.63) is 63.8 Å². The molecule has 6 rings (SSSR count). The second-order valence-corrected chi connectivity index (χ2v) is 11.9. The quantitative estimate of drug-likeness (QED) is 0.402.